The highest BCUT2D eigenvalue weighted by Gasteiger charge is 2.37. The van der Waals surface area contributed by atoms with E-state index in [1.54, 1.807) is 0 Å². The summed E-state index contributed by atoms with van der Waals surface area (Å²) in [4.78, 5) is 13.9. The maximum atomic E-state index is 11.7. The van der Waals surface area contributed by atoms with E-state index in [4.69, 9.17) is 4.74 Å². The van der Waals surface area contributed by atoms with Gasteiger partial charge in [0.2, 0.25) is 0 Å². The minimum Gasteiger partial charge on any atom is -0.468 e. The molecule has 1 atom stereocenters. The van der Waals surface area contributed by atoms with E-state index in [2.05, 4.69) is 51.7 Å². The van der Waals surface area contributed by atoms with Gasteiger partial charge in [-0.25, -0.2) is 0 Å². The fraction of sp³-hybridized carbons (Fsp3) is 0.588. The first kappa shape index (κ1) is 14.9. The maximum Gasteiger partial charge on any atom is 0.325 e. The van der Waals surface area contributed by atoms with Crippen molar-refractivity contribution >= 4 is 11.7 Å². The van der Waals surface area contributed by atoms with E-state index in [1.807, 2.05) is 0 Å². The smallest absolute Gasteiger partial charge is 0.325 e. The zero-order chi connectivity index (χ0) is 15.1. The van der Waals surface area contributed by atoms with Crippen LogP contribution < -0.4 is 4.90 Å². The Morgan fingerprint density at radius 2 is 1.95 bits per heavy atom. The number of carbonyl (C=O) groups excluding carboxylic acids is 1. The van der Waals surface area contributed by atoms with Crippen molar-refractivity contribution in [3.63, 3.8) is 0 Å². The average molecular weight is 275 g/mol. The molecule has 0 spiro atoms. The second-order valence-corrected chi connectivity index (χ2v) is 6.58. The molecule has 1 aromatic carbocycles. The Kier molecular flexibility index (Phi) is 3.81. The SMILES string of the molecule is COC(=O)CN1c2cc(C)c(C)cc2[C@@H](C)CC1(C)C. The molecular formula is C17H25NO2. The number of ether oxygens (including phenoxy) is 1. The summed E-state index contributed by atoms with van der Waals surface area (Å²) in [5, 5.41) is 0. The number of rotatable bonds is 2. The number of esters is 1. The second kappa shape index (κ2) is 5.12. The summed E-state index contributed by atoms with van der Waals surface area (Å²) in [6, 6.07) is 4.49. The molecule has 0 bridgehead atoms. The van der Waals surface area contributed by atoms with Crippen LogP contribution in [0.25, 0.3) is 0 Å². The molecule has 0 amide bonds. The number of fused-ring (bicyclic) bond motifs is 1. The Labute approximate surface area is 121 Å². The van der Waals surface area contributed by atoms with E-state index in [-0.39, 0.29) is 11.5 Å². The van der Waals surface area contributed by atoms with Gasteiger partial charge < -0.3 is 9.64 Å². The molecule has 0 fully saturated rings. The highest BCUT2D eigenvalue weighted by Crippen LogP contribution is 2.44. The van der Waals surface area contributed by atoms with Gasteiger partial charge in [0.1, 0.15) is 6.54 Å². The van der Waals surface area contributed by atoms with Gasteiger partial charge in [-0.1, -0.05) is 13.0 Å². The molecule has 0 saturated heterocycles. The minimum atomic E-state index is -0.184. The van der Waals surface area contributed by atoms with Crippen LogP contribution in [0.1, 0.15) is 49.8 Å². The molecule has 0 radical (unpaired) electrons. The van der Waals surface area contributed by atoms with Crippen molar-refractivity contribution in [1.29, 1.82) is 0 Å². The summed E-state index contributed by atoms with van der Waals surface area (Å²) in [6.45, 7) is 11.2. The van der Waals surface area contributed by atoms with Crippen molar-refractivity contribution < 1.29 is 9.53 Å². The number of hydrogen-bond donors (Lipinski definition) is 0. The number of carbonyl (C=O) groups is 1. The summed E-state index contributed by atoms with van der Waals surface area (Å²) in [7, 11) is 1.45. The van der Waals surface area contributed by atoms with E-state index >= 15 is 0 Å². The van der Waals surface area contributed by atoms with E-state index in [1.165, 1.54) is 29.5 Å². The van der Waals surface area contributed by atoms with Crippen molar-refractivity contribution in [2.75, 3.05) is 18.6 Å². The zero-order valence-electron chi connectivity index (χ0n) is 13.4. The summed E-state index contributed by atoms with van der Waals surface area (Å²) in [6.07, 6.45) is 1.04. The van der Waals surface area contributed by atoms with E-state index in [0.29, 0.717) is 12.5 Å². The molecule has 0 N–H and O–H groups in total. The molecule has 3 heteroatoms. The highest BCUT2D eigenvalue weighted by atomic mass is 16.5. The van der Waals surface area contributed by atoms with Gasteiger partial charge in [0.15, 0.2) is 0 Å². The Bertz CT molecular complexity index is 534. The lowest BCUT2D eigenvalue weighted by Gasteiger charge is -2.47. The molecule has 0 aromatic heterocycles. The lowest BCUT2D eigenvalue weighted by molar-refractivity contribution is -0.139. The fourth-order valence-corrected chi connectivity index (χ4v) is 3.24. The quantitative estimate of drug-likeness (QED) is 0.773. The van der Waals surface area contributed by atoms with Crippen LogP contribution in [-0.2, 0) is 9.53 Å². The molecular weight excluding hydrogens is 250 g/mol. The molecule has 1 aliphatic rings. The first-order valence-corrected chi connectivity index (χ1v) is 7.22. The van der Waals surface area contributed by atoms with Gasteiger partial charge in [-0.05, 0) is 62.8 Å². The van der Waals surface area contributed by atoms with Crippen LogP contribution in [0.5, 0.6) is 0 Å². The number of anilines is 1. The predicted octanol–water partition coefficient (Wildman–Crippen LogP) is 3.57. The number of nitrogens with zero attached hydrogens (tertiary/aromatic N) is 1. The van der Waals surface area contributed by atoms with Crippen LogP contribution in [-0.4, -0.2) is 25.2 Å². The fourth-order valence-electron chi connectivity index (χ4n) is 3.24. The third kappa shape index (κ3) is 2.54. The van der Waals surface area contributed by atoms with Crippen LogP contribution in [0.3, 0.4) is 0 Å². The van der Waals surface area contributed by atoms with Crippen molar-refractivity contribution in [3.8, 4) is 0 Å². The molecule has 110 valence electrons. The van der Waals surface area contributed by atoms with Gasteiger partial charge in [-0.15, -0.1) is 0 Å². The Hall–Kier alpha value is -1.51. The van der Waals surface area contributed by atoms with Gasteiger partial charge >= 0.3 is 5.97 Å². The van der Waals surface area contributed by atoms with Crippen LogP contribution >= 0.6 is 0 Å². The Morgan fingerprint density at radius 3 is 2.55 bits per heavy atom. The standard InChI is InChI=1S/C17H25NO2/c1-11-7-14-13(3)9-17(4,5)18(10-16(19)20-6)15(14)8-12(11)2/h7-8,13H,9-10H2,1-6H3/t13-/m0/s1. The largest absolute Gasteiger partial charge is 0.468 e. The number of benzene rings is 1. The van der Waals surface area contributed by atoms with Crippen LogP contribution in [0.15, 0.2) is 12.1 Å². The number of aryl methyl sites for hydroxylation is 2. The third-order valence-electron chi connectivity index (χ3n) is 4.52. The minimum absolute atomic E-state index is 0.0394. The van der Waals surface area contributed by atoms with Gasteiger partial charge in [-0.2, -0.15) is 0 Å². The summed E-state index contributed by atoms with van der Waals surface area (Å²) >= 11 is 0. The van der Waals surface area contributed by atoms with E-state index in [0.717, 1.165) is 6.42 Å². The van der Waals surface area contributed by atoms with Gasteiger partial charge in [0, 0.05) is 11.2 Å². The molecule has 0 unspecified atom stereocenters. The van der Waals surface area contributed by atoms with Crippen LogP contribution in [0.2, 0.25) is 0 Å². The Balaban J connectivity index is 2.52. The van der Waals surface area contributed by atoms with Gasteiger partial charge in [-0.3, -0.25) is 4.79 Å². The highest BCUT2D eigenvalue weighted by molar-refractivity contribution is 5.78. The van der Waals surface area contributed by atoms with Gasteiger partial charge in [0.25, 0.3) is 0 Å². The Morgan fingerprint density at radius 1 is 1.35 bits per heavy atom. The molecule has 3 nitrogen and oxygen atoms in total. The maximum absolute atomic E-state index is 11.7. The second-order valence-electron chi connectivity index (χ2n) is 6.58. The van der Waals surface area contributed by atoms with Crippen molar-refractivity contribution in [2.24, 2.45) is 0 Å². The summed E-state index contributed by atoms with van der Waals surface area (Å²) in [5.41, 5.74) is 5.07. The monoisotopic (exact) mass is 275 g/mol. The molecule has 1 heterocycles. The molecule has 0 aliphatic carbocycles. The first-order chi connectivity index (χ1) is 9.26. The molecule has 1 aromatic rings. The van der Waals surface area contributed by atoms with Crippen molar-refractivity contribution in [2.45, 2.75) is 52.5 Å². The molecule has 2 rings (SSSR count). The van der Waals surface area contributed by atoms with Crippen molar-refractivity contribution in [1.82, 2.24) is 0 Å². The topological polar surface area (TPSA) is 29.5 Å². The van der Waals surface area contributed by atoms with E-state index in [9.17, 15) is 4.79 Å². The van der Waals surface area contributed by atoms with Crippen LogP contribution in [0, 0.1) is 13.8 Å². The molecule has 20 heavy (non-hydrogen) atoms. The van der Waals surface area contributed by atoms with Gasteiger partial charge in [0.05, 0.1) is 7.11 Å². The molecule has 1 aliphatic heterocycles. The summed E-state index contributed by atoms with van der Waals surface area (Å²) < 4.78 is 4.86. The lowest BCUT2D eigenvalue weighted by Crippen LogP contribution is -2.50. The van der Waals surface area contributed by atoms with E-state index < -0.39 is 0 Å². The lowest BCUT2D eigenvalue weighted by atomic mass is 9.79. The van der Waals surface area contributed by atoms with Crippen LogP contribution in [0.4, 0.5) is 5.69 Å². The average Bonchev–Trinajstić information content (AvgIpc) is 2.36. The third-order valence-corrected chi connectivity index (χ3v) is 4.52. The number of hydrogen-bond acceptors (Lipinski definition) is 3. The van der Waals surface area contributed by atoms with Crippen molar-refractivity contribution in [3.05, 3.63) is 28.8 Å². The normalized spacial score (nSPS) is 20.5. The predicted molar refractivity (Wildman–Crippen MR) is 82.4 cm³/mol. The molecule has 0 saturated carbocycles. The number of methoxy groups -OCH3 is 1. The summed E-state index contributed by atoms with van der Waals surface area (Å²) in [5.74, 6) is 0.324. The first-order valence-electron chi connectivity index (χ1n) is 7.22. The zero-order valence-corrected chi connectivity index (χ0v) is 13.4.